The molecule has 6 nitrogen and oxygen atoms in total. The summed E-state index contributed by atoms with van der Waals surface area (Å²) < 4.78 is 33.0. The van der Waals surface area contributed by atoms with Crippen LogP contribution in [0.5, 0.6) is 5.75 Å². The molecule has 0 bridgehead atoms. The molecule has 3 rings (SSSR count). The van der Waals surface area contributed by atoms with E-state index >= 15 is 0 Å². The maximum Gasteiger partial charge on any atom is 0.303 e. The molecule has 7 heteroatoms. The molecule has 3 aromatic rings. The minimum absolute atomic E-state index is 0.0839. The first kappa shape index (κ1) is 19.9. The number of fused-ring (bicyclic) bond motifs is 1. The number of aromatic nitrogens is 1. The molecule has 1 heterocycles. The molecule has 0 radical (unpaired) electrons. The highest BCUT2D eigenvalue weighted by Crippen LogP contribution is 2.30. The summed E-state index contributed by atoms with van der Waals surface area (Å²) in [6.07, 6.45) is 1.66. The molecule has 0 aliphatic heterocycles. The molecule has 0 unspecified atom stereocenters. The summed E-state index contributed by atoms with van der Waals surface area (Å²) >= 11 is 0. The monoisotopic (exact) mass is 401 g/mol. The van der Waals surface area contributed by atoms with E-state index < -0.39 is 16.0 Å². The number of carbonyl (C=O) groups is 1. The second-order valence-corrected chi connectivity index (χ2v) is 8.77. The number of carboxylic acids is 1. The lowest BCUT2D eigenvalue weighted by Gasteiger charge is -2.10. The first-order valence-electron chi connectivity index (χ1n) is 8.99. The number of carboxylic acid groups (broad SMARTS) is 1. The molecule has 0 spiro atoms. The van der Waals surface area contributed by atoms with Crippen LogP contribution in [0.15, 0.2) is 53.6 Å². The third-order valence-corrected chi connectivity index (χ3v) is 6.46. The fourth-order valence-electron chi connectivity index (χ4n) is 3.15. The molecule has 2 aromatic carbocycles. The van der Waals surface area contributed by atoms with Crippen molar-refractivity contribution in [2.75, 3.05) is 7.11 Å². The zero-order valence-electron chi connectivity index (χ0n) is 16.0. The average Bonchev–Trinajstić information content (AvgIpc) is 3.05. The second kappa shape index (κ2) is 7.67. The smallest absolute Gasteiger partial charge is 0.303 e. The van der Waals surface area contributed by atoms with Gasteiger partial charge in [0.2, 0.25) is 0 Å². The Bertz CT molecular complexity index is 1110. The van der Waals surface area contributed by atoms with Crippen molar-refractivity contribution in [3.05, 3.63) is 59.8 Å². The van der Waals surface area contributed by atoms with Gasteiger partial charge in [-0.25, -0.2) is 12.4 Å². The van der Waals surface area contributed by atoms with Crippen LogP contribution in [0, 0.1) is 0 Å². The molecule has 0 atom stereocenters. The molecular weight excluding hydrogens is 378 g/mol. The first-order valence-corrected chi connectivity index (χ1v) is 10.4. The van der Waals surface area contributed by atoms with Gasteiger partial charge >= 0.3 is 5.97 Å². The highest BCUT2D eigenvalue weighted by molar-refractivity contribution is 7.90. The van der Waals surface area contributed by atoms with Crippen molar-refractivity contribution in [1.82, 2.24) is 3.97 Å². The number of rotatable bonds is 7. The topological polar surface area (TPSA) is 85.6 Å². The third-order valence-electron chi connectivity index (χ3n) is 4.77. The number of nitrogens with zero attached hydrogens (tertiary/aromatic N) is 1. The van der Waals surface area contributed by atoms with Crippen molar-refractivity contribution in [2.45, 2.75) is 37.5 Å². The van der Waals surface area contributed by atoms with Gasteiger partial charge in [-0.3, -0.25) is 4.79 Å². The van der Waals surface area contributed by atoms with Crippen LogP contribution in [-0.2, 0) is 21.2 Å². The summed E-state index contributed by atoms with van der Waals surface area (Å²) in [5.41, 5.74) is 2.20. The maximum atomic E-state index is 13.3. The quantitative estimate of drug-likeness (QED) is 0.646. The fraction of sp³-hybridized carbons (Fsp3) is 0.286. The van der Waals surface area contributed by atoms with Crippen molar-refractivity contribution < 1.29 is 23.1 Å². The van der Waals surface area contributed by atoms with E-state index in [9.17, 15) is 13.2 Å². The third kappa shape index (κ3) is 3.75. The van der Waals surface area contributed by atoms with Gasteiger partial charge in [0, 0.05) is 18.0 Å². The molecular formula is C21H23NO5S. The molecule has 1 aromatic heterocycles. The summed E-state index contributed by atoms with van der Waals surface area (Å²) in [5.74, 6) is -0.0457. The summed E-state index contributed by atoms with van der Waals surface area (Å²) in [7, 11) is -2.29. The number of methoxy groups -OCH3 is 1. The van der Waals surface area contributed by atoms with Gasteiger partial charge in [0.1, 0.15) is 5.75 Å². The summed E-state index contributed by atoms with van der Waals surface area (Å²) in [6, 6.07) is 12.0. The Morgan fingerprint density at radius 1 is 1.14 bits per heavy atom. The van der Waals surface area contributed by atoms with Crippen LogP contribution >= 0.6 is 0 Å². The average molecular weight is 401 g/mol. The predicted molar refractivity (Wildman–Crippen MR) is 108 cm³/mol. The second-order valence-electron chi connectivity index (χ2n) is 6.96. The predicted octanol–water partition coefficient (Wildman–Crippen LogP) is 4.03. The van der Waals surface area contributed by atoms with Gasteiger partial charge in [-0.15, -0.1) is 0 Å². The molecule has 0 aliphatic carbocycles. The number of hydrogen-bond acceptors (Lipinski definition) is 4. The van der Waals surface area contributed by atoms with Gasteiger partial charge in [0.25, 0.3) is 10.0 Å². The normalized spacial score (nSPS) is 11.9. The fourth-order valence-corrected chi connectivity index (χ4v) is 4.54. The Balaban J connectivity index is 2.14. The van der Waals surface area contributed by atoms with Crippen molar-refractivity contribution in [1.29, 1.82) is 0 Å². The van der Waals surface area contributed by atoms with Crippen molar-refractivity contribution in [2.24, 2.45) is 0 Å². The van der Waals surface area contributed by atoms with Crippen LogP contribution in [0.1, 0.15) is 37.3 Å². The number of aryl methyl sites for hydroxylation is 1. The Labute approximate surface area is 164 Å². The number of hydrogen-bond donors (Lipinski definition) is 1. The molecule has 1 N–H and O–H groups in total. The highest BCUT2D eigenvalue weighted by atomic mass is 32.2. The van der Waals surface area contributed by atoms with Crippen molar-refractivity contribution in [3.8, 4) is 5.75 Å². The van der Waals surface area contributed by atoms with Crippen molar-refractivity contribution in [3.63, 3.8) is 0 Å². The Morgan fingerprint density at radius 2 is 1.82 bits per heavy atom. The van der Waals surface area contributed by atoms with Crippen LogP contribution in [-0.4, -0.2) is 30.6 Å². The largest absolute Gasteiger partial charge is 0.497 e. The van der Waals surface area contributed by atoms with Crippen LogP contribution in [0.3, 0.4) is 0 Å². The maximum absolute atomic E-state index is 13.3. The lowest BCUT2D eigenvalue weighted by atomic mass is 10.0. The van der Waals surface area contributed by atoms with Gasteiger partial charge < -0.3 is 9.84 Å². The summed E-state index contributed by atoms with van der Waals surface area (Å²) in [6.45, 7) is 4.09. The van der Waals surface area contributed by atoms with Gasteiger partial charge in [0.05, 0.1) is 17.5 Å². The number of aliphatic carboxylic acids is 1. The van der Waals surface area contributed by atoms with Gasteiger partial charge in [-0.2, -0.15) is 0 Å². The van der Waals surface area contributed by atoms with Gasteiger partial charge in [-0.1, -0.05) is 26.0 Å². The molecule has 0 fully saturated rings. The zero-order valence-corrected chi connectivity index (χ0v) is 16.9. The Hall–Kier alpha value is -2.80. The summed E-state index contributed by atoms with van der Waals surface area (Å²) in [4.78, 5) is 11.2. The van der Waals surface area contributed by atoms with E-state index in [0.29, 0.717) is 28.1 Å². The van der Waals surface area contributed by atoms with Crippen LogP contribution in [0.2, 0.25) is 0 Å². The van der Waals surface area contributed by atoms with E-state index in [1.165, 1.54) is 17.3 Å². The van der Waals surface area contributed by atoms with Gasteiger partial charge in [-0.05, 0) is 53.8 Å². The molecule has 0 saturated carbocycles. The van der Waals surface area contributed by atoms with Crippen LogP contribution < -0.4 is 4.74 Å². The standard InChI is InChI=1S/C21H23NO5S/c1-14(2)15-4-8-18(9-5-15)28(25,26)22-13-16(6-11-21(23)24)19-12-17(27-3)7-10-20(19)22/h4-5,7-10,12-14H,6,11H2,1-3H3,(H,23,24). The van der Waals surface area contributed by atoms with Crippen LogP contribution in [0.25, 0.3) is 10.9 Å². The Morgan fingerprint density at radius 3 is 2.39 bits per heavy atom. The van der Waals surface area contributed by atoms with E-state index in [4.69, 9.17) is 9.84 Å². The van der Waals surface area contributed by atoms with Gasteiger partial charge in [0.15, 0.2) is 0 Å². The molecule has 0 saturated heterocycles. The minimum atomic E-state index is -3.82. The lowest BCUT2D eigenvalue weighted by Crippen LogP contribution is -2.12. The highest BCUT2D eigenvalue weighted by Gasteiger charge is 2.22. The van der Waals surface area contributed by atoms with E-state index in [1.54, 1.807) is 30.3 Å². The van der Waals surface area contributed by atoms with Crippen LogP contribution in [0.4, 0.5) is 0 Å². The zero-order chi connectivity index (χ0) is 20.5. The SMILES string of the molecule is COc1ccc2c(c1)c(CCC(=O)O)cn2S(=O)(=O)c1ccc(C(C)C)cc1. The van der Waals surface area contributed by atoms with E-state index in [-0.39, 0.29) is 17.7 Å². The Kier molecular flexibility index (Phi) is 5.47. The van der Waals surface area contributed by atoms with E-state index in [1.807, 2.05) is 26.0 Å². The summed E-state index contributed by atoms with van der Waals surface area (Å²) in [5, 5.41) is 9.68. The first-order chi connectivity index (χ1) is 13.2. The van der Waals surface area contributed by atoms with E-state index in [0.717, 1.165) is 5.56 Å². The number of benzene rings is 2. The molecule has 28 heavy (non-hydrogen) atoms. The van der Waals surface area contributed by atoms with Crippen molar-refractivity contribution >= 4 is 26.9 Å². The van der Waals surface area contributed by atoms with E-state index in [2.05, 4.69) is 0 Å². The molecule has 0 amide bonds. The molecule has 148 valence electrons. The molecule has 0 aliphatic rings. The lowest BCUT2D eigenvalue weighted by molar-refractivity contribution is -0.136. The minimum Gasteiger partial charge on any atom is -0.497 e. The number of ether oxygens (including phenoxy) is 1.